The minimum absolute atomic E-state index is 0. The first-order chi connectivity index (χ1) is 6.58. The molecule has 0 amide bonds. The maximum absolute atomic E-state index is 8.56. The van der Waals surface area contributed by atoms with E-state index < -0.39 is 6.16 Å². The van der Waals surface area contributed by atoms with E-state index in [4.69, 9.17) is 30.3 Å². The average Bonchev–Trinajstić information content (AvgIpc) is 2.04. The van der Waals surface area contributed by atoms with Gasteiger partial charge in [0, 0.05) is 19.6 Å². The van der Waals surface area contributed by atoms with Crippen LogP contribution in [0.3, 0.4) is 0 Å². The van der Waals surface area contributed by atoms with E-state index in [1.165, 1.54) is 0 Å². The van der Waals surface area contributed by atoms with Crippen LogP contribution in [-0.4, -0.2) is 76.0 Å². The van der Waals surface area contributed by atoms with Crippen LogP contribution in [0.4, 0.5) is 4.79 Å². The highest BCUT2D eigenvalue weighted by Crippen LogP contribution is 1.84. The van der Waals surface area contributed by atoms with Crippen molar-refractivity contribution in [1.29, 1.82) is 0 Å². The molecular weight excluding hydrogens is 208 g/mol. The monoisotopic (exact) mass is 228 g/mol. The Kier molecular flexibility index (Phi) is 20.3. The Morgan fingerprint density at radius 3 is 1.20 bits per heavy atom. The summed E-state index contributed by atoms with van der Waals surface area (Å²) in [7, 11) is 0. The summed E-state index contributed by atoms with van der Waals surface area (Å²) in [5, 5.41) is 39.4. The molecular formula is C7H20N2O6. The number of aliphatic hydroxyl groups excluding tert-OH is 3. The Labute approximate surface area is 88.0 Å². The van der Waals surface area contributed by atoms with Crippen molar-refractivity contribution < 1.29 is 30.3 Å². The average molecular weight is 228 g/mol. The molecule has 0 spiro atoms. The van der Waals surface area contributed by atoms with Crippen molar-refractivity contribution in [1.82, 2.24) is 11.1 Å². The molecule has 0 bridgehead atoms. The van der Waals surface area contributed by atoms with Crippen LogP contribution in [0.25, 0.3) is 0 Å². The molecule has 0 radical (unpaired) electrons. The molecule has 0 rings (SSSR count). The molecule has 0 aliphatic heterocycles. The van der Waals surface area contributed by atoms with Crippen LogP contribution in [0.1, 0.15) is 0 Å². The normalized spacial score (nSPS) is 8.80. The molecule has 0 atom stereocenters. The predicted octanol–water partition coefficient (Wildman–Crippen LogP) is -1.35. The summed E-state index contributed by atoms with van der Waals surface area (Å²) >= 11 is 0. The molecule has 15 heavy (non-hydrogen) atoms. The zero-order valence-electron chi connectivity index (χ0n) is 8.54. The van der Waals surface area contributed by atoms with Gasteiger partial charge in [0.1, 0.15) is 0 Å². The first kappa shape index (κ1) is 19.6. The maximum Gasteiger partial charge on any atom is 0.503 e. The Bertz CT molecular complexity index is 116. The van der Waals surface area contributed by atoms with E-state index in [2.05, 4.69) is 0 Å². The van der Waals surface area contributed by atoms with E-state index in [1.807, 2.05) is 0 Å². The van der Waals surface area contributed by atoms with Gasteiger partial charge in [-0.2, -0.15) is 0 Å². The number of nitrogens with zero attached hydrogens (tertiary/aromatic N) is 1. The summed E-state index contributed by atoms with van der Waals surface area (Å²) in [6.07, 6.45) is -1.83. The molecule has 94 valence electrons. The van der Waals surface area contributed by atoms with Gasteiger partial charge in [0.2, 0.25) is 0 Å². The van der Waals surface area contributed by atoms with Gasteiger partial charge in [-0.1, -0.05) is 0 Å². The summed E-state index contributed by atoms with van der Waals surface area (Å²) in [5.74, 6) is 0. The highest BCUT2D eigenvalue weighted by atomic mass is 16.6. The SMILES string of the molecule is N.O=C(O)O.OCCN(CCO)CCO. The molecule has 0 fully saturated rings. The number of carboxylic acid groups (broad SMARTS) is 2. The van der Waals surface area contributed by atoms with E-state index >= 15 is 0 Å². The van der Waals surface area contributed by atoms with Crippen molar-refractivity contribution in [3.8, 4) is 0 Å². The Hall–Kier alpha value is -0.930. The lowest BCUT2D eigenvalue weighted by molar-refractivity contribution is 0.135. The third-order valence-corrected chi connectivity index (χ3v) is 1.25. The summed E-state index contributed by atoms with van der Waals surface area (Å²) in [5.41, 5.74) is 0. The molecule has 0 saturated heterocycles. The Morgan fingerprint density at radius 2 is 1.07 bits per heavy atom. The van der Waals surface area contributed by atoms with Crippen molar-refractivity contribution >= 4 is 6.16 Å². The maximum atomic E-state index is 8.56. The quantitative estimate of drug-likeness (QED) is 0.326. The second kappa shape index (κ2) is 15.5. The van der Waals surface area contributed by atoms with Crippen LogP contribution in [0, 0.1) is 0 Å². The largest absolute Gasteiger partial charge is 0.503 e. The molecule has 0 aromatic rings. The van der Waals surface area contributed by atoms with Crippen LogP contribution in [0.2, 0.25) is 0 Å². The summed E-state index contributed by atoms with van der Waals surface area (Å²) in [4.78, 5) is 10.3. The fourth-order valence-electron chi connectivity index (χ4n) is 0.760. The number of hydrogen-bond donors (Lipinski definition) is 6. The van der Waals surface area contributed by atoms with E-state index in [1.54, 1.807) is 4.90 Å². The van der Waals surface area contributed by atoms with Crippen LogP contribution < -0.4 is 6.15 Å². The minimum Gasteiger partial charge on any atom is -0.450 e. The fraction of sp³-hybridized carbons (Fsp3) is 0.857. The van der Waals surface area contributed by atoms with Gasteiger partial charge in [0.05, 0.1) is 19.8 Å². The summed E-state index contributed by atoms with van der Waals surface area (Å²) < 4.78 is 0. The topological polar surface area (TPSA) is 156 Å². The van der Waals surface area contributed by atoms with Crippen molar-refractivity contribution in [2.45, 2.75) is 0 Å². The van der Waals surface area contributed by atoms with Crippen molar-refractivity contribution in [2.75, 3.05) is 39.5 Å². The van der Waals surface area contributed by atoms with E-state index in [0.717, 1.165) is 0 Å². The van der Waals surface area contributed by atoms with Crippen molar-refractivity contribution in [3.63, 3.8) is 0 Å². The first-order valence-corrected chi connectivity index (χ1v) is 4.05. The molecule has 8 heteroatoms. The highest BCUT2D eigenvalue weighted by molar-refractivity contribution is 5.53. The number of hydrogen-bond acceptors (Lipinski definition) is 6. The number of rotatable bonds is 6. The molecule has 0 aliphatic rings. The van der Waals surface area contributed by atoms with E-state index in [9.17, 15) is 0 Å². The van der Waals surface area contributed by atoms with Gasteiger partial charge in [-0.15, -0.1) is 0 Å². The Balaban J connectivity index is -0.000000249. The van der Waals surface area contributed by atoms with Gasteiger partial charge in [-0.05, 0) is 0 Å². The second-order valence-corrected chi connectivity index (χ2v) is 2.30. The van der Waals surface area contributed by atoms with Crippen LogP contribution >= 0.6 is 0 Å². The van der Waals surface area contributed by atoms with Crippen LogP contribution in [0.15, 0.2) is 0 Å². The fourth-order valence-corrected chi connectivity index (χ4v) is 0.760. The Morgan fingerprint density at radius 1 is 0.867 bits per heavy atom. The van der Waals surface area contributed by atoms with Crippen molar-refractivity contribution in [2.24, 2.45) is 0 Å². The molecule has 8 nitrogen and oxygen atoms in total. The lowest BCUT2D eigenvalue weighted by Gasteiger charge is -2.17. The lowest BCUT2D eigenvalue weighted by atomic mass is 10.4. The predicted molar refractivity (Wildman–Crippen MR) is 53.4 cm³/mol. The molecule has 0 aromatic carbocycles. The molecule has 8 N–H and O–H groups in total. The standard InChI is InChI=1S/C6H15NO3.CH2O3.H3N/c8-4-1-7(2-5-9)3-6-10;2-1(3)4;/h8-10H,1-6H2;(H2,2,3,4);1H3. The number of aliphatic hydroxyl groups is 3. The molecule has 0 unspecified atom stereocenters. The van der Waals surface area contributed by atoms with Gasteiger partial charge in [0.25, 0.3) is 0 Å². The zero-order valence-corrected chi connectivity index (χ0v) is 8.54. The van der Waals surface area contributed by atoms with Gasteiger partial charge in [-0.25, -0.2) is 4.79 Å². The third kappa shape index (κ3) is 24.6. The first-order valence-electron chi connectivity index (χ1n) is 4.05. The van der Waals surface area contributed by atoms with Crippen molar-refractivity contribution in [3.05, 3.63) is 0 Å². The smallest absolute Gasteiger partial charge is 0.450 e. The molecule has 0 aromatic heterocycles. The zero-order chi connectivity index (χ0) is 11.4. The second-order valence-electron chi connectivity index (χ2n) is 2.30. The summed E-state index contributed by atoms with van der Waals surface area (Å²) in [6.45, 7) is 1.75. The molecule has 0 heterocycles. The van der Waals surface area contributed by atoms with Crippen LogP contribution in [-0.2, 0) is 0 Å². The van der Waals surface area contributed by atoms with Gasteiger partial charge in [0.15, 0.2) is 0 Å². The number of carbonyl (C=O) groups is 1. The minimum atomic E-state index is -1.83. The van der Waals surface area contributed by atoms with E-state index in [0.29, 0.717) is 19.6 Å². The van der Waals surface area contributed by atoms with Gasteiger partial charge in [-0.3, -0.25) is 4.90 Å². The molecule has 0 saturated carbocycles. The van der Waals surface area contributed by atoms with Crippen LogP contribution in [0.5, 0.6) is 0 Å². The van der Waals surface area contributed by atoms with Gasteiger partial charge < -0.3 is 31.7 Å². The summed E-state index contributed by atoms with van der Waals surface area (Å²) in [6, 6.07) is 0. The highest BCUT2D eigenvalue weighted by Gasteiger charge is 2.00. The molecule has 0 aliphatic carbocycles. The van der Waals surface area contributed by atoms with Gasteiger partial charge >= 0.3 is 6.16 Å². The lowest BCUT2D eigenvalue weighted by Crippen LogP contribution is -2.32. The van der Waals surface area contributed by atoms with E-state index in [-0.39, 0.29) is 26.0 Å². The third-order valence-electron chi connectivity index (χ3n) is 1.25.